The molecule has 0 aromatic carbocycles. The number of hydrogen-bond donors (Lipinski definition) is 1. The van der Waals surface area contributed by atoms with E-state index in [0.717, 1.165) is 31.2 Å². The molecule has 2 fully saturated rings. The first kappa shape index (κ1) is 18.7. The standard InChI is InChI=1S/C15H27F3N4S/c1-4-19-13(22-7-8-23-14(2,3)10-22)20-12-5-6-21(9-12)11-15(16,17)18/h12H,4-11H2,1-3H3,(H,19,20). The third-order valence-electron chi connectivity index (χ3n) is 4.04. The van der Waals surface area contributed by atoms with E-state index in [2.05, 4.69) is 29.1 Å². The Kier molecular flexibility index (Phi) is 6.10. The van der Waals surface area contributed by atoms with E-state index >= 15 is 0 Å². The molecule has 0 bridgehead atoms. The van der Waals surface area contributed by atoms with Crippen molar-refractivity contribution in [3.05, 3.63) is 0 Å². The zero-order chi connectivity index (χ0) is 17.1. The van der Waals surface area contributed by atoms with Gasteiger partial charge in [0, 0.05) is 49.3 Å². The maximum atomic E-state index is 12.5. The Labute approximate surface area is 140 Å². The lowest BCUT2D eigenvalue weighted by Gasteiger charge is -2.40. The maximum absolute atomic E-state index is 12.5. The fourth-order valence-electron chi connectivity index (χ4n) is 3.11. The van der Waals surface area contributed by atoms with Gasteiger partial charge in [-0.15, -0.1) is 0 Å². The van der Waals surface area contributed by atoms with Gasteiger partial charge in [0.05, 0.1) is 6.54 Å². The molecule has 134 valence electrons. The van der Waals surface area contributed by atoms with Crippen LogP contribution in [0.25, 0.3) is 0 Å². The van der Waals surface area contributed by atoms with Gasteiger partial charge in [0.2, 0.25) is 0 Å². The summed E-state index contributed by atoms with van der Waals surface area (Å²) in [6.45, 7) is 9.01. The van der Waals surface area contributed by atoms with Gasteiger partial charge in [-0.3, -0.25) is 9.89 Å². The number of rotatable bonds is 3. The number of alkyl halides is 3. The molecule has 1 atom stereocenters. The number of halogens is 3. The highest BCUT2D eigenvalue weighted by atomic mass is 32.2. The van der Waals surface area contributed by atoms with E-state index in [-0.39, 0.29) is 10.8 Å². The molecule has 1 unspecified atom stereocenters. The predicted molar refractivity (Wildman–Crippen MR) is 90.1 cm³/mol. The van der Waals surface area contributed by atoms with Crippen LogP contribution in [0.4, 0.5) is 13.2 Å². The van der Waals surface area contributed by atoms with Gasteiger partial charge in [-0.05, 0) is 27.2 Å². The summed E-state index contributed by atoms with van der Waals surface area (Å²) in [7, 11) is 0. The van der Waals surface area contributed by atoms with Crippen molar-refractivity contribution in [1.29, 1.82) is 0 Å². The van der Waals surface area contributed by atoms with Gasteiger partial charge in [-0.1, -0.05) is 0 Å². The fraction of sp³-hybridized carbons (Fsp3) is 0.933. The lowest BCUT2D eigenvalue weighted by atomic mass is 10.2. The van der Waals surface area contributed by atoms with Crippen LogP contribution in [0, 0.1) is 0 Å². The molecular formula is C15H27F3N4S. The monoisotopic (exact) mass is 352 g/mol. The fourth-order valence-corrected chi connectivity index (χ4v) is 4.23. The molecule has 0 aromatic heterocycles. The minimum absolute atomic E-state index is 0.0420. The summed E-state index contributed by atoms with van der Waals surface area (Å²) in [5.41, 5.74) is 0. The lowest BCUT2D eigenvalue weighted by Crippen LogP contribution is -2.53. The minimum atomic E-state index is -4.12. The van der Waals surface area contributed by atoms with Crippen LogP contribution in [0.5, 0.6) is 0 Å². The Hall–Kier alpha value is -0.630. The van der Waals surface area contributed by atoms with Gasteiger partial charge < -0.3 is 10.2 Å². The van der Waals surface area contributed by atoms with Crippen LogP contribution < -0.4 is 5.32 Å². The smallest absolute Gasteiger partial charge is 0.352 e. The second-order valence-corrected chi connectivity index (χ2v) is 8.61. The van der Waals surface area contributed by atoms with Gasteiger partial charge >= 0.3 is 6.18 Å². The number of aliphatic imine (C=N–C) groups is 1. The third-order valence-corrected chi connectivity index (χ3v) is 5.34. The van der Waals surface area contributed by atoms with Crippen LogP contribution in [0.15, 0.2) is 4.99 Å². The highest BCUT2D eigenvalue weighted by Crippen LogP contribution is 2.29. The topological polar surface area (TPSA) is 30.9 Å². The zero-order valence-electron chi connectivity index (χ0n) is 14.1. The molecule has 2 aliphatic rings. The Morgan fingerprint density at radius 3 is 2.70 bits per heavy atom. The van der Waals surface area contributed by atoms with E-state index in [1.54, 1.807) is 0 Å². The molecule has 0 spiro atoms. The minimum Gasteiger partial charge on any atom is -0.352 e. The van der Waals surface area contributed by atoms with Gasteiger partial charge in [-0.2, -0.15) is 24.9 Å². The molecule has 2 aliphatic heterocycles. The first-order chi connectivity index (χ1) is 10.7. The van der Waals surface area contributed by atoms with Crippen LogP contribution in [-0.4, -0.2) is 77.7 Å². The van der Waals surface area contributed by atoms with Crippen molar-refractivity contribution in [3.8, 4) is 0 Å². The van der Waals surface area contributed by atoms with Crippen LogP contribution in [0.2, 0.25) is 0 Å². The van der Waals surface area contributed by atoms with Crippen molar-refractivity contribution >= 4 is 17.7 Å². The second kappa shape index (κ2) is 7.51. The molecular weight excluding hydrogens is 325 g/mol. The number of hydrogen-bond acceptors (Lipinski definition) is 3. The Morgan fingerprint density at radius 1 is 1.35 bits per heavy atom. The third kappa shape index (κ3) is 6.06. The van der Waals surface area contributed by atoms with Gasteiger partial charge in [0.15, 0.2) is 5.96 Å². The molecule has 2 rings (SSSR count). The summed E-state index contributed by atoms with van der Waals surface area (Å²) in [4.78, 5) is 8.27. The quantitative estimate of drug-likeness (QED) is 0.624. The largest absolute Gasteiger partial charge is 0.401 e. The Bertz CT molecular complexity index is 425. The Morgan fingerprint density at radius 2 is 2.09 bits per heavy atom. The molecule has 8 heteroatoms. The van der Waals surface area contributed by atoms with Gasteiger partial charge in [0.25, 0.3) is 0 Å². The summed E-state index contributed by atoms with van der Waals surface area (Å²) in [5.74, 6) is 1.89. The first-order valence-electron chi connectivity index (χ1n) is 8.17. The molecule has 2 heterocycles. The number of nitrogens with zero attached hydrogens (tertiary/aromatic N) is 3. The van der Waals surface area contributed by atoms with Crippen molar-refractivity contribution < 1.29 is 13.2 Å². The van der Waals surface area contributed by atoms with E-state index in [9.17, 15) is 13.2 Å². The molecule has 0 radical (unpaired) electrons. The number of nitrogens with one attached hydrogen (secondary N) is 1. The molecule has 2 saturated heterocycles. The van der Waals surface area contributed by atoms with Gasteiger partial charge in [0.1, 0.15) is 0 Å². The lowest BCUT2D eigenvalue weighted by molar-refractivity contribution is -0.143. The van der Waals surface area contributed by atoms with Crippen molar-refractivity contribution in [1.82, 2.24) is 15.1 Å². The van der Waals surface area contributed by atoms with E-state index in [1.807, 2.05) is 18.7 Å². The predicted octanol–water partition coefficient (Wildman–Crippen LogP) is 2.42. The van der Waals surface area contributed by atoms with E-state index in [0.29, 0.717) is 19.6 Å². The molecule has 0 amide bonds. The van der Waals surface area contributed by atoms with Gasteiger partial charge in [-0.25, -0.2) is 0 Å². The van der Waals surface area contributed by atoms with E-state index in [4.69, 9.17) is 0 Å². The van der Waals surface area contributed by atoms with E-state index in [1.165, 1.54) is 4.90 Å². The summed E-state index contributed by atoms with van der Waals surface area (Å²) in [6, 6.07) is 0.0420. The van der Waals surface area contributed by atoms with Crippen LogP contribution >= 0.6 is 11.8 Å². The Balaban J connectivity index is 1.92. The highest BCUT2D eigenvalue weighted by Gasteiger charge is 2.35. The van der Waals surface area contributed by atoms with Crippen molar-refractivity contribution in [2.75, 3.05) is 45.0 Å². The maximum Gasteiger partial charge on any atom is 0.401 e. The SMILES string of the molecule is CCN=C(NC1CCN(CC(F)(F)F)C1)N1CCSC(C)(C)C1. The molecule has 23 heavy (non-hydrogen) atoms. The summed E-state index contributed by atoms with van der Waals surface area (Å²) < 4.78 is 37.7. The number of guanidine groups is 1. The first-order valence-corrected chi connectivity index (χ1v) is 9.16. The van der Waals surface area contributed by atoms with Crippen molar-refractivity contribution in [2.24, 2.45) is 4.99 Å². The molecule has 0 saturated carbocycles. The molecule has 0 aliphatic carbocycles. The van der Waals surface area contributed by atoms with Crippen molar-refractivity contribution in [2.45, 2.75) is 44.2 Å². The number of thioether (sulfide) groups is 1. The normalized spacial score (nSPS) is 26.6. The highest BCUT2D eigenvalue weighted by molar-refractivity contribution is 8.00. The molecule has 0 aromatic rings. The van der Waals surface area contributed by atoms with Crippen LogP contribution in [0.1, 0.15) is 27.2 Å². The zero-order valence-corrected chi connectivity index (χ0v) is 14.9. The average molecular weight is 352 g/mol. The van der Waals surface area contributed by atoms with Crippen LogP contribution in [-0.2, 0) is 0 Å². The second-order valence-electron chi connectivity index (χ2n) is 6.81. The van der Waals surface area contributed by atoms with E-state index < -0.39 is 12.7 Å². The van der Waals surface area contributed by atoms with Crippen LogP contribution in [0.3, 0.4) is 0 Å². The van der Waals surface area contributed by atoms with Crippen molar-refractivity contribution in [3.63, 3.8) is 0 Å². The molecule has 1 N–H and O–H groups in total. The summed E-state index contributed by atoms with van der Waals surface area (Å²) in [5, 5.41) is 3.40. The summed E-state index contributed by atoms with van der Waals surface area (Å²) in [6.07, 6.45) is -3.39. The average Bonchev–Trinajstić information content (AvgIpc) is 2.82. The summed E-state index contributed by atoms with van der Waals surface area (Å²) >= 11 is 1.95. The number of likely N-dealkylation sites (tertiary alicyclic amines) is 1. The molecule has 4 nitrogen and oxygen atoms in total.